The molecule has 0 heterocycles. The van der Waals surface area contributed by atoms with E-state index in [9.17, 15) is 79.8 Å². The van der Waals surface area contributed by atoms with Gasteiger partial charge in [-0.1, -0.05) is 12.1 Å². The molecule has 0 atom stereocenters. The summed E-state index contributed by atoms with van der Waals surface area (Å²) in [7, 11) is 0. The number of carbonyl (C=O) groups is 2. The van der Waals surface area contributed by atoms with Gasteiger partial charge in [0, 0.05) is 11.3 Å². The summed E-state index contributed by atoms with van der Waals surface area (Å²) in [6.07, 6.45) is -5.94. The molecule has 1 aromatic carbocycles. The molecule has 36 heavy (non-hydrogen) atoms. The highest BCUT2D eigenvalue weighted by molar-refractivity contribution is 5.99. The number of anilines is 1. The standard InChI is InChI=1S/C17H9F16NO2/c1-6(35)7-3-2-4-8(5-7)34-10(36)12(22,23)14(26,27)16(30,31)17(32,33)15(28,29)13(24,25)11(20,21)9(18)19/h2-5,9H,1H3,(H,34,36). The van der Waals surface area contributed by atoms with Crippen LogP contribution in [0.4, 0.5) is 75.9 Å². The van der Waals surface area contributed by atoms with Crippen molar-refractivity contribution in [3.05, 3.63) is 29.8 Å². The first-order chi connectivity index (χ1) is 15.7. The van der Waals surface area contributed by atoms with Gasteiger partial charge in [-0.15, -0.1) is 0 Å². The second-order valence-electron chi connectivity index (χ2n) is 6.96. The van der Waals surface area contributed by atoms with E-state index in [1.54, 1.807) is 0 Å². The Morgan fingerprint density at radius 1 is 0.694 bits per heavy atom. The average molecular weight is 563 g/mol. The van der Waals surface area contributed by atoms with Gasteiger partial charge in [0.2, 0.25) is 0 Å². The van der Waals surface area contributed by atoms with Crippen LogP contribution < -0.4 is 5.32 Å². The number of hydrogen-bond donors (Lipinski definition) is 1. The number of ketones is 1. The van der Waals surface area contributed by atoms with Gasteiger partial charge in [-0.25, -0.2) is 8.78 Å². The van der Waals surface area contributed by atoms with Crippen molar-refractivity contribution in [1.82, 2.24) is 0 Å². The SMILES string of the molecule is CC(=O)c1cccc(NC(=O)C(F)(F)C(F)(F)C(F)(F)C(F)(F)C(F)(F)C(F)(F)C(F)(F)C(F)F)c1. The molecule has 19 heteroatoms. The highest BCUT2D eigenvalue weighted by Gasteiger charge is 2.94. The van der Waals surface area contributed by atoms with Gasteiger partial charge in [0.05, 0.1) is 0 Å². The number of rotatable bonds is 10. The molecule has 0 saturated heterocycles. The number of hydrogen-bond acceptors (Lipinski definition) is 2. The van der Waals surface area contributed by atoms with Crippen LogP contribution in [0.15, 0.2) is 24.3 Å². The van der Waals surface area contributed by atoms with Crippen LogP contribution in [0.2, 0.25) is 0 Å². The molecular weight excluding hydrogens is 554 g/mol. The maximum absolute atomic E-state index is 13.9. The van der Waals surface area contributed by atoms with Crippen molar-refractivity contribution >= 4 is 17.4 Å². The van der Waals surface area contributed by atoms with Gasteiger partial charge in [0.15, 0.2) is 5.78 Å². The molecule has 0 aromatic heterocycles. The lowest BCUT2D eigenvalue weighted by atomic mass is 9.89. The highest BCUT2D eigenvalue weighted by atomic mass is 19.4. The lowest BCUT2D eigenvalue weighted by Crippen LogP contribution is -2.74. The summed E-state index contributed by atoms with van der Waals surface area (Å²) < 4.78 is 213. The predicted molar refractivity (Wildman–Crippen MR) is 85.7 cm³/mol. The summed E-state index contributed by atoms with van der Waals surface area (Å²) in [4.78, 5) is 22.6. The number of nitrogens with one attached hydrogen (secondary N) is 1. The Hall–Kier alpha value is -2.76. The number of Topliss-reactive ketones (excluding diaryl/α,β-unsaturated/α-hetero) is 1. The van der Waals surface area contributed by atoms with Crippen molar-refractivity contribution in [1.29, 1.82) is 0 Å². The minimum Gasteiger partial charge on any atom is -0.321 e. The second-order valence-corrected chi connectivity index (χ2v) is 6.96. The van der Waals surface area contributed by atoms with Crippen LogP contribution in [0.25, 0.3) is 0 Å². The summed E-state index contributed by atoms with van der Waals surface area (Å²) in [5.74, 6) is -61.0. The molecule has 0 bridgehead atoms. The number of benzene rings is 1. The molecule has 0 aliphatic carbocycles. The fourth-order valence-electron chi connectivity index (χ4n) is 2.30. The predicted octanol–water partition coefficient (Wildman–Crippen LogP) is 6.54. The maximum Gasteiger partial charge on any atom is 0.393 e. The van der Waals surface area contributed by atoms with Crippen LogP contribution in [-0.2, 0) is 4.79 Å². The average Bonchev–Trinajstić information content (AvgIpc) is 2.72. The summed E-state index contributed by atoms with van der Waals surface area (Å²) in [5.41, 5.74) is -1.45. The number of carbonyl (C=O) groups excluding carboxylic acids is 2. The van der Waals surface area contributed by atoms with E-state index in [1.165, 1.54) is 0 Å². The van der Waals surface area contributed by atoms with Crippen LogP contribution in [0.3, 0.4) is 0 Å². The van der Waals surface area contributed by atoms with Gasteiger partial charge in [0.1, 0.15) is 0 Å². The van der Waals surface area contributed by atoms with Crippen molar-refractivity contribution in [2.24, 2.45) is 0 Å². The summed E-state index contributed by atoms with van der Waals surface area (Å²) >= 11 is 0. The second kappa shape index (κ2) is 8.97. The third-order valence-corrected chi connectivity index (χ3v) is 4.48. The van der Waals surface area contributed by atoms with Gasteiger partial charge < -0.3 is 5.32 Å². The molecule has 0 aliphatic rings. The Morgan fingerprint density at radius 2 is 1.11 bits per heavy atom. The first kappa shape index (κ1) is 31.3. The fourth-order valence-corrected chi connectivity index (χ4v) is 2.30. The van der Waals surface area contributed by atoms with Gasteiger partial charge in [-0.3, -0.25) is 9.59 Å². The summed E-state index contributed by atoms with van der Waals surface area (Å²) in [6, 6.07) is 2.79. The molecule has 0 spiro atoms. The Bertz CT molecular complexity index is 1000. The maximum atomic E-state index is 13.9. The smallest absolute Gasteiger partial charge is 0.321 e. The molecule has 1 N–H and O–H groups in total. The van der Waals surface area contributed by atoms with Crippen molar-refractivity contribution in [3.8, 4) is 0 Å². The molecule has 1 amide bonds. The lowest BCUT2D eigenvalue weighted by molar-refractivity contribution is -0.443. The van der Waals surface area contributed by atoms with Crippen LogP contribution in [0, 0.1) is 0 Å². The molecule has 206 valence electrons. The van der Waals surface area contributed by atoms with Crippen LogP contribution in [0.5, 0.6) is 0 Å². The van der Waals surface area contributed by atoms with E-state index in [0.717, 1.165) is 24.4 Å². The van der Waals surface area contributed by atoms with E-state index in [0.29, 0.717) is 12.1 Å². The molecule has 0 fully saturated rings. The van der Waals surface area contributed by atoms with E-state index >= 15 is 0 Å². The van der Waals surface area contributed by atoms with Crippen molar-refractivity contribution in [2.75, 3.05) is 5.32 Å². The van der Waals surface area contributed by atoms with Crippen LogP contribution in [0.1, 0.15) is 17.3 Å². The Kier molecular flexibility index (Phi) is 7.79. The van der Waals surface area contributed by atoms with Crippen molar-refractivity contribution in [3.63, 3.8) is 0 Å². The van der Waals surface area contributed by atoms with Crippen LogP contribution in [-0.4, -0.2) is 59.6 Å². The molecule has 0 radical (unpaired) electrons. The van der Waals surface area contributed by atoms with E-state index in [4.69, 9.17) is 0 Å². The Morgan fingerprint density at radius 3 is 1.53 bits per heavy atom. The first-order valence-corrected chi connectivity index (χ1v) is 8.60. The van der Waals surface area contributed by atoms with Crippen LogP contribution >= 0.6 is 0 Å². The number of amides is 1. The normalized spacial score (nSPS) is 14.7. The molecule has 1 rings (SSSR count). The molecule has 0 aliphatic heterocycles. The molecule has 0 saturated carbocycles. The number of halogens is 16. The molecule has 3 nitrogen and oxygen atoms in total. The van der Waals surface area contributed by atoms with Gasteiger partial charge in [-0.2, -0.15) is 61.5 Å². The zero-order valence-electron chi connectivity index (χ0n) is 16.8. The monoisotopic (exact) mass is 563 g/mol. The van der Waals surface area contributed by atoms with Gasteiger partial charge in [-0.05, 0) is 19.1 Å². The van der Waals surface area contributed by atoms with Gasteiger partial charge in [0.25, 0.3) is 0 Å². The largest absolute Gasteiger partial charge is 0.393 e. The molecule has 1 aromatic rings. The number of alkyl halides is 16. The minimum absolute atomic E-state index is 0.415. The highest BCUT2D eigenvalue weighted by Crippen LogP contribution is 2.62. The minimum atomic E-state index is -8.59. The fraction of sp³-hybridized carbons (Fsp3) is 0.529. The first-order valence-electron chi connectivity index (χ1n) is 8.60. The van der Waals surface area contributed by atoms with Crippen molar-refractivity contribution in [2.45, 2.75) is 54.8 Å². The molecular formula is C17H9F16NO2. The van der Waals surface area contributed by atoms with E-state index in [1.807, 2.05) is 0 Å². The summed E-state index contributed by atoms with van der Waals surface area (Å²) in [5, 5.41) is 0.761. The Labute approximate surface area is 188 Å². The quantitative estimate of drug-likeness (QED) is 0.260. The van der Waals surface area contributed by atoms with Crippen molar-refractivity contribution < 1.29 is 79.8 Å². The molecule has 0 unspecified atom stereocenters. The lowest BCUT2D eigenvalue weighted by Gasteiger charge is -2.42. The topological polar surface area (TPSA) is 46.2 Å². The van der Waals surface area contributed by atoms with E-state index in [-0.39, 0.29) is 0 Å². The zero-order valence-corrected chi connectivity index (χ0v) is 16.8. The zero-order chi connectivity index (χ0) is 28.9. The summed E-state index contributed by atoms with van der Waals surface area (Å²) in [6.45, 7) is 0.861. The van der Waals surface area contributed by atoms with Gasteiger partial charge >= 0.3 is 53.8 Å². The van der Waals surface area contributed by atoms with E-state index < -0.39 is 70.8 Å². The Balaban J connectivity index is 3.54. The third kappa shape index (κ3) is 4.33. The third-order valence-electron chi connectivity index (χ3n) is 4.48. The van der Waals surface area contributed by atoms with E-state index in [2.05, 4.69) is 0 Å².